The van der Waals surface area contributed by atoms with Crippen molar-refractivity contribution < 1.29 is 27.1 Å². The Morgan fingerprint density at radius 1 is 1.33 bits per heavy atom. The molecule has 9 heteroatoms. The van der Waals surface area contributed by atoms with Crippen LogP contribution in [0.15, 0.2) is 47.1 Å². The molecule has 0 saturated heterocycles. The number of aromatic nitrogens is 2. The quantitative estimate of drug-likeness (QED) is 0.710. The largest absolute Gasteiger partial charge is 0.441 e. The molecule has 0 unspecified atom stereocenters. The number of ether oxygens (including phenoxy) is 1. The van der Waals surface area contributed by atoms with Gasteiger partial charge < -0.3 is 14.5 Å². The predicted octanol–water partition coefficient (Wildman–Crippen LogP) is 3.45. The van der Waals surface area contributed by atoms with Gasteiger partial charge in [0, 0.05) is 37.1 Å². The van der Waals surface area contributed by atoms with Crippen molar-refractivity contribution in [1.29, 1.82) is 0 Å². The van der Waals surface area contributed by atoms with Crippen molar-refractivity contribution in [2.75, 3.05) is 13.7 Å². The van der Waals surface area contributed by atoms with E-state index in [0.717, 1.165) is 6.20 Å². The summed E-state index contributed by atoms with van der Waals surface area (Å²) in [5, 5.41) is 2.01. The molecule has 1 atom stereocenters. The number of rotatable bonds is 6. The molecule has 0 aliphatic heterocycles. The lowest BCUT2D eigenvalue weighted by atomic mass is 10.1. The predicted molar refractivity (Wildman–Crippen MR) is 90.1 cm³/mol. The van der Waals surface area contributed by atoms with E-state index in [1.165, 1.54) is 36.5 Å². The molecule has 3 aromatic rings. The van der Waals surface area contributed by atoms with E-state index < -0.39 is 18.1 Å². The van der Waals surface area contributed by atoms with Gasteiger partial charge in [0.2, 0.25) is 0 Å². The van der Waals surface area contributed by atoms with Crippen LogP contribution in [0.3, 0.4) is 0 Å². The molecule has 1 N–H and O–H groups in total. The van der Waals surface area contributed by atoms with Crippen LogP contribution in [0.5, 0.6) is 0 Å². The van der Waals surface area contributed by atoms with Gasteiger partial charge in [0.05, 0.1) is 6.61 Å². The van der Waals surface area contributed by atoms with Crippen LogP contribution in [0.25, 0.3) is 11.1 Å². The van der Waals surface area contributed by atoms with Crippen molar-refractivity contribution >= 4 is 17.0 Å². The van der Waals surface area contributed by atoms with E-state index in [-0.39, 0.29) is 11.1 Å². The molecule has 0 fully saturated rings. The third kappa shape index (κ3) is 4.43. The van der Waals surface area contributed by atoms with Crippen LogP contribution in [0.1, 0.15) is 27.9 Å². The fourth-order valence-corrected chi connectivity index (χ4v) is 2.53. The number of hydrogen-bond acceptors (Lipinski definition) is 5. The van der Waals surface area contributed by atoms with Crippen LogP contribution < -0.4 is 5.32 Å². The summed E-state index contributed by atoms with van der Waals surface area (Å²) < 4.78 is 50.6. The lowest BCUT2D eigenvalue weighted by Crippen LogP contribution is -2.38. The second-order valence-electron chi connectivity index (χ2n) is 5.77. The second kappa shape index (κ2) is 7.75. The number of carbonyl (C=O) groups excluding carboxylic acids is 1. The Balaban J connectivity index is 1.83. The minimum atomic E-state index is -4.66. The number of halogens is 3. The summed E-state index contributed by atoms with van der Waals surface area (Å²) in [7, 11) is 1.55. The Kier molecular flexibility index (Phi) is 5.41. The topological polar surface area (TPSA) is 77.2 Å². The molecule has 6 nitrogen and oxygen atoms in total. The lowest BCUT2D eigenvalue weighted by molar-refractivity contribution is -0.155. The minimum absolute atomic E-state index is 0.0371. The smallest absolute Gasteiger partial charge is 0.412 e. The molecule has 0 radical (unpaired) electrons. The molecule has 0 bridgehead atoms. The first-order valence-corrected chi connectivity index (χ1v) is 8.04. The number of carbonyl (C=O) groups is 1. The number of alkyl halides is 3. The number of hydrogen-bond donors (Lipinski definition) is 1. The first-order chi connectivity index (χ1) is 12.9. The van der Waals surface area contributed by atoms with Gasteiger partial charge in [-0.25, -0.2) is 4.98 Å². The molecule has 0 aliphatic rings. The maximum Gasteiger partial charge on any atom is 0.412 e. The monoisotopic (exact) mass is 379 g/mol. The zero-order valence-corrected chi connectivity index (χ0v) is 14.3. The number of benzene rings is 1. The van der Waals surface area contributed by atoms with Gasteiger partial charge in [0.15, 0.2) is 17.5 Å². The van der Waals surface area contributed by atoms with E-state index in [4.69, 9.17) is 9.15 Å². The second-order valence-corrected chi connectivity index (χ2v) is 5.77. The van der Waals surface area contributed by atoms with Gasteiger partial charge >= 0.3 is 6.18 Å². The number of nitrogens with zero attached hydrogens (tertiary/aromatic N) is 2. The highest BCUT2D eigenvalue weighted by Crippen LogP contribution is 2.32. The van der Waals surface area contributed by atoms with Crippen molar-refractivity contribution in [3.8, 4) is 0 Å². The maximum atomic E-state index is 13.4. The van der Waals surface area contributed by atoms with E-state index >= 15 is 0 Å². The summed E-state index contributed by atoms with van der Waals surface area (Å²) in [5.74, 6) is -0.453. The lowest BCUT2D eigenvalue weighted by Gasteiger charge is -2.21. The summed E-state index contributed by atoms with van der Waals surface area (Å²) in [6.07, 6.45) is -1.79. The van der Waals surface area contributed by atoms with Crippen molar-refractivity contribution in [2.24, 2.45) is 0 Å². The van der Waals surface area contributed by atoms with E-state index in [9.17, 15) is 18.0 Å². The summed E-state index contributed by atoms with van der Waals surface area (Å²) in [4.78, 5) is 20.3. The molecule has 0 spiro atoms. The summed E-state index contributed by atoms with van der Waals surface area (Å²) in [5.41, 5.74) is 0.715. The van der Waals surface area contributed by atoms with Crippen LogP contribution in [0.4, 0.5) is 13.2 Å². The summed E-state index contributed by atoms with van der Waals surface area (Å²) in [6.45, 7) is 0.415. The number of fused-ring (bicyclic) bond motifs is 1. The van der Waals surface area contributed by atoms with Crippen molar-refractivity contribution in [2.45, 2.75) is 18.6 Å². The highest BCUT2D eigenvalue weighted by Gasteiger charge is 2.42. The first kappa shape index (κ1) is 18.8. The first-order valence-electron chi connectivity index (χ1n) is 8.04. The van der Waals surface area contributed by atoms with Gasteiger partial charge in [-0.3, -0.25) is 9.78 Å². The molecule has 0 saturated carbocycles. The minimum Gasteiger partial charge on any atom is -0.441 e. The van der Waals surface area contributed by atoms with Gasteiger partial charge in [-0.2, -0.15) is 13.2 Å². The molecule has 1 amide bonds. The highest BCUT2D eigenvalue weighted by molar-refractivity contribution is 5.97. The average molecular weight is 379 g/mol. The summed E-state index contributed by atoms with van der Waals surface area (Å²) >= 11 is 0. The molecule has 3 rings (SSSR count). The Morgan fingerprint density at radius 2 is 2.15 bits per heavy atom. The molecular formula is C18H16F3N3O3. The molecule has 142 valence electrons. The number of amides is 1. The van der Waals surface area contributed by atoms with Crippen molar-refractivity contribution in [3.63, 3.8) is 0 Å². The number of methoxy groups -OCH3 is 1. The number of oxazole rings is 1. The molecule has 1 aromatic carbocycles. The highest BCUT2D eigenvalue weighted by atomic mass is 19.4. The van der Waals surface area contributed by atoms with Crippen LogP contribution in [-0.4, -0.2) is 35.8 Å². The fraction of sp³-hybridized carbons (Fsp3) is 0.278. The van der Waals surface area contributed by atoms with Gasteiger partial charge in [0.1, 0.15) is 5.52 Å². The van der Waals surface area contributed by atoms with Gasteiger partial charge in [-0.15, -0.1) is 0 Å². The molecule has 2 aromatic heterocycles. The maximum absolute atomic E-state index is 13.4. The standard InChI is InChI=1S/C18H16F3N3O3/c1-26-8-6-15-23-13-5-4-11(9-14(13)27-15)17(25)24-16(18(19,20)21)12-3-2-7-22-10-12/h2-5,7,9-10,16H,6,8H2,1H3,(H,24,25)/t16-/m1/s1. The van der Waals surface area contributed by atoms with Crippen molar-refractivity contribution in [3.05, 3.63) is 59.7 Å². The molecule has 2 heterocycles. The number of pyridine rings is 1. The third-order valence-corrected chi connectivity index (χ3v) is 3.84. The Morgan fingerprint density at radius 3 is 2.81 bits per heavy atom. The average Bonchev–Trinajstić information content (AvgIpc) is 3.06. The normalized spacial score (nSPS) is 12.9. The molecular weight excluding hydrogens is 363 g/mol. The third-order valence-electron chi connectivity index (χ3n) is 3.84. The van der Waals surface area contributed by atoms with Crippen LogP contribution in [0, 0.1) is 0 Å². The van der Waals surface area contributed by atoms with Gasteiger partial charge in [-0.1, -0.05) is 6.07 Å². The Bertz CT molecular complexity index is 926. The van der Waals surface area contributed by atoms with Crippen LogP contribution >= 0.6 is 0 Å². The zero-order chi connectivity index (χ0) is 19.4. The van der Waals surface area contributed by atoms with Crippen LogP contribution in [0.2, 0.25) is 0 Å². The fourth-order valence-electron chi connectivity index (χ4n) is 2.53. The summed E-state index contributed by atoms with van der Waals surface area (Å²) in [6, 6.07) is 4.76. The molecule has 27 heavy (non-hydrogen) atoms. The molecule has 0 aliphatic carbocycles. The van der Waals surface area contributed by atoms with Crippen molar-refractivity contribution in [1.82, 2.24) is 15.3 Å². The van der Waals surface area contributed by atoms with Gasteiger partial charge in [0.25, 0.3) is 5.91 Å². The van der Waals surface area contributed by atoms with Crippen LogP contribution in [-0.2, 0) is 11.2 Å². The van der Waals surface area contributed by atoms with E-state index in [1.807, 2.05) is 5.32 Å². The van der Waals surface area contributed by atoms with E-state index in [2.05, 4.69) is 9.97 Å². The number of nitrogens with one attached hydrogen (secondary N) is 1. The van der Waals surface area contributed by atoms with E-state index in [1.54, 1.807) is 7.11 Å². The Hall–Kier alpha value is -2.94. The zero-order valence-electron chi connectivity index (χ0n) is 14.3. The Labute approximate surface area is 152 Å². The van der Waals surface area contributed by atoms with E-state index in [0.29, 0.717) is 30.0 Å². The SMILES string of the molecule is COCCc1nc2ccc(C(=O)N[C@H](c3cccnc3)C(F)(F)F)cc2o1. The van der Waals surface area contributed by atoms with Gasteiger partial charge in [-0.05, 0) is 24.3 Å².